The van der Waals surface area contributed by atoms with E-state index >= 15 is 0 Å². The quantitative estimate of drug-likeness (QED) is 0.242. The molecule has 0 aromatic heterocycles. The average molecular weight is 513 g/mol. The number of carbonyl (C=O) groups is 1. The summed E-state index contributed by atoms with van der Waals surface area (Å²) in [5.74, 6) is -1.50. The van der Waals surface area contributed by atoms with Gasteiger partial charge < -0.3 is 40.9 Å². The molecule has 206 valence electrons. The highest BCUT2D eigenvalue weighted by Gasteiger charge is 2.71. The molecule has 0 amide bonds. The van der Waals surface area contributed by atoms with Crippen molar-refractivity contribution >= 4 is 5.78 Å². The SMILES string of the molecule is CC(O)(CO)CCC(O)C(C)(O)C1CCC2(O)C3=CC(=O)C4(O)CC(O)C(O)CC4(C)C3CCC12C. The van der Waals surface area contributed by atoms with Crippen LogP contribution >= 0.6 is 0 Å². The van der Waals surface area contributed by atoms with E-state index in [2.05, 4.69) is 0 Å². The molecule has 9 heteroatoms. The number of fused-ring (bicyclic) bond motifs is 5. The minimum atomic E-state index is -1.84. The Balaban J connectivity index is 1.68. The molecular weight excluding hydrogens is 468 g/mol. The van der Waals surface area contributed by atoms with Gasteiger partial charge in [-0.3, -0.25) is 4.79 Å². The lowest BCUT2D eigenvalue weighted by Crippen LogP contribution is -2.69. The zero-order valence-corrected chi connectivity index (χ0v) is 21.8. The zero-order chi connectivity index (χ0) is 27.1. The van der Waals surface area contributed by atoms with Crippen molar-refractivity contribution in [2.75, 3.05) is 6.61 Å². The molecule has 4 rings (SSSR count). The van der Waals surface area contributed by atoms with Gasteiger partial charge in [-0.15, -0.1) is 0 Å². The Kier molecular flexibility index (Phi) is 6.67. The third kappa shape index (κ3) is 3.69. The van der Waals surface area contributed by atoms with E-state index in [0.29, 0.717) is 24.8 Å². The highest BCUT2D eigenvalue weighted by Crippen LogP contribution is 2.69. The summed E-state index contributed by atoms with van der Waals surface area (Å²) in [7, 11) is 0. The Morgan fingerprint density at radius 3 is 2.22 bits per heavy atom. The van der Waals surface area contributed by atoms with Gasteiger partial charge in [-0.05, 0) is 82.3 Å². The third-order valence-electron chi connectivity index (χ3n) is 11.0. The highest BCUT2D eigenvalue weighted by molar-refractivity contribution is 6.00. The van der Waals surface area contributed by atoms with Gasteiger partial charge in [0.1, 0.15) is 5.60 Å². The van der Waals surface area contributed by atoms with Crippen LogP contribution in [0, 0.1) is 22.7 Å². The molecule has 0 bridgehead atoms. The van der Waals surface area contributed by atoms with Gasteiger partial charge >= 0.3 is 0 Å². The largest absolute Gasteiger partial charge is 0.393 e. The van der Waals surface area contributed by atoms with Crippen LogP contribution in [0.3, 0.4) is 0 Å². The van der Waals surface area contributed by atoms with Crippen molar-refractivity contribution in [1.29, 1.82) is 0 Å². The summed E-state index contributed by atoms with van der Waals surface area (Å²) in [6.45, 7) is 6.16. The first-order valence-corrected chi connectivity index (χ1v) is 13.2. The minimum absolute atomic E-state index is 0.0237. The van der Waals surface area contributed by atoms with Crippen LogP contribution in [0.5, 0.6) is 0 Å². The van der Waals surface area contributed by atoms with Gasteiger partial charge in [-0.2, -0.15) is 0 Å². The summed E-state index contributed by atoms with van der Waals surface area (Å²) in [5.41, 5.74) is -7.72. The number of aliphatic hydroxyl groups is 8. The van der Waals surface area contributed by atoms with Crippen molar-refractivity contribution in [2.24, 2.45) is 22.7 Å². The van der Waals surface area contributed by atoms with Crippen LogP contribution in [-0.2, 0) is 4.79 Å². The molecule has 0 aromatic rings. The smallest absolute Gasteiger partial charge is 0.187 e. The summed E-state index contributed by atoms with van der Waals surface area (Å²) >= 11 is 0. The summed E-state index contributed by atoms with van der Waals surface area (Å²) < 4.78 is 0. The number of hydrogen-bond acceptors (Lipinski definition) is 9. The lowest BCUT2D eigenvalue weighted by Gasteiger charge is -2.62. The molecule has 11 unspecified atom stereocenters. The molecule has 8 N–H and O–H groups in total. The standard InChI is InChI=1S/C27H44O9/c1-22(33,14-28)8-7-20(31)25(4,34)19-6-10-26(35)16-11-21(32)27(36)13-18(30)17(29)12-24(27,3)15(16)5-9-23(19,26)2/h11,15,17-20,28-31,33-36H,5-10,12-14H2,1-4H3. The van der Waals surface area contributed by atoms with Crippen LogP contribution in [0.1, 0.15) is 79.1 Å². The summed E-state index contributed by atoms with van der Waals surface area (Å²) in [6, 6.07) is 0. The van der Waals surface area contributed by atoms with Crippen LogP contribution in [0.25, 0.3) is 0 Å². The molecule has 36 heavy (non-hydrogen) atoms. The van der Waals surface area contributed by atoms with E-state index in [9.17, 15) is 45.6 Å². The van der Waals surface area contributed by atoms with E-state index in [1.165, 1.54) is 13.0 Å². The highest BCUT2D eigenvalue weighted by atomic mass is 16.4. The number of carbonyl (C=O) groups excluding carboxylic acids is 1. The maximum atomic E-state index is 13.3. The summed E-state index contributed by atoms with van der Waals surface area (Å²) in [6.07, 6.45) is -0.649. The fourth-order valence-corrected chi connectivity index (χ4v) is 8.34. The van der Waals surface area contributed by atoms with Crippen LogP contribution in [-0.4, -0.2) is 94.0 Å². The molecule has 3 saturated carbocycles. The Bertz CT molecular complexity index is 930. The third-order valence-corrected chi connectivity index (χ3v) is 11.0. The Morgan fingerprint density at radius 1 is 1.00 bits per heavy atom. The fourth-order valence-electron chi connectivity index (χ4n) is 8.34. The van der Waals surface area contributed by atoms with Crippen molar-refractivity contribution in [3.8, 4) is 0 Å². The number of hydrogen-bond donors (Lipinski definition) is 8. The molecule has 4 aliphatic rings. The predicted molar refractivity (Wildman–Crippen MR) is 129 cm³/mol. The number of rotatable bonds is 6. The van der Waals surface area contributed by atoms with E-state index in [-0.39, 0.29) is 32.1 Å². The molecular formula is C27H44O9. The maximum absolute atomic E-state index is 13.3. The van der Waals surface area contributed by atoms with Crippen molar-refractivity contribution < 1.29 is 45.6 Å². The summed E-state index contributed by atoms with van der Waals surface area (Å²) in [4.78, 5) is 13.3. The Morgan fingerprint density at radius 2 is 1.61 bits per heavy atom. The molecule has 11 atom stereocenters. The van der Waals surface area contributed by atoms with Crippen LogP contribution in [0.4, 0.5) is 0 Å². The van der Waals surface area contributed by atoms with Crippen LogP contribution in [0.2, 0.25) is 0 Å². The van der Waals surface area contributed by atoms with Crippen molar-refractivity contribution in [3.05, 3.63) is 11.6 Å². The molecule has 9 nitrogen and oxygen atoms in total. The van der Waals surface area contributed by atoms with Crippen molar-refractivity contribution in [1.82, 2.24) is 0 Å². The van der Waals surface area contributed by atoms with E-state index < -0.39 is 75.8 Å². The Labute approximate surface area is 212 Å². The molecule has 0 aliphatic heterocycles. The normalized spacial score (nSPS) is 48.7. The van der Waals surface area contributed by atoms with Crippen molar-refractivity contribution in [2.45, 2.75) is 120 Å². The van der Waals surface area contributed by atoms with Gasteiger partial charge in [0, 0.05) is 17.3 Å². The van der Waals surface area contributed by atoms with Gasteiger partial charge in [0.25, 0.3) is 0 Å². The topological polar surface area (TPSA) is 179 Å². The van der Waals surface area contributed by atoms with Gasteiger partial charge in [0.15, 0.2) is 5.78 Å². The monoisotopic (exact) mass is 512 g/mol. The molecule has 0 saturated heterocycles. The van der Waals surface area contributed by atoms with Gasteiger partial charge in [0.2, 0.25) is 0 Å². The van der Waals surface area contributed by atoms with Crippen molar-refractivity contribution in [3.63, 3.8) is 0 Å². The second-order valence-electron chi connectivity index (χ2n) is 13.2. The first-order chi connectivity index (χ1) is 16.4. The average Bonchev–Trinajstić information content (AvgIpc) is 3.07. The second-order valence-corrected chi connectivity index (χ2v) is 13.2. The minimum Gasteiger partial charge on any atom is -0.393 e. The molecule has 0 radical (unpaired) electrons. The van der Waals surface area contributed by atoms with E-state index in [4.69, 9.17) is 0 Å². The first-order valence-electron chi connectivity index (χ1n) is 13.2. The first kappa shape index (κ1) is 28.1. The lowest BCUT2D eigenvalue weighted by molar-refractivity contribution is -0.211. The predicted octanol–water partition coefficient (Wildman–Crippen LogP) is -0.0587. The number of aliphatic hydroxyl groups excluding tert-OH is 4. The van der Waals surface area contributed by atoms with E-state index in [1.54, 1.807) is 13.8 Å². The van der Waals surface area contributed by atoms with Crippen LogP contribution < -0.4 is 0 Å². The molecule has 3 fully saturated rings. The fraction of sp³-hybridized carbons (Fsp3) is 0.889. The lowest BCUT2D eigenvalue weighted by atomic mass is 9.44. The summed E-state index contributed by atoms with van der Waals surface area (Å²) in [5, 5.41) is 86.4. The van der Waals surface area contributed by atoms with Gasteiger partial charge in [0.05, 0.1) is 41.7 Å². The zero-order valence-electron chi connectivity index (χ0n) is 21.8. The van der Waals surface area contributed by atoms with Gasteiger partial charge in [-0.1, -0.05) is 13.8 Å². The van der Waals surface area contributed by atoms with Crippen LogP contribution in [0.15, 0.2) is 11.6 Å². The molecule has 0 spiro atoms. The maximum Gasteiger partial charge on any atom is 0.187 e. The second kappa shape index (κ2) is 8.55. The molecule has 0 aromatic carbocycles. The number of ketones is 1. The molecule has 4 aliphatic carbocycles. The molecule has 0 heterocycles. The van der Waals surface area contributed by atoms with Gasteiger partial charge in [-0.25, -0.2) is 0 Å². The van der Waals surface area contributed by atoms with E-state index in [1.807, 2.05) is 6.92 Å². The Hall–Kier alpha value is -0.910. The van der Waals surface area contributed by atoms with E-state index in [0.717, 1.165) is 0 Å².